The molecule has 2 rings (SSSR count). The van der Waals surface area contributed by atoms with Crippen molar-refractivity contribution >= 4 is 0 Å². The summed E-state index contributed by atoms with van der Waals surface area (Å²) in [5.74, 6) is 1.03. The number of benzene rings is 1. The number of nitrogens with one attached hydrogen (secondary N) is 1. The van der Waals surface area contributed by atoms with Crippen LogP contribution in [0.2, 0.25) is 0 Å². The Morgan fingerprint density at radius 1 is 1.38 bits per heavy atom. The summed E-state index contributed by atoms with van der Waals surface area (Å²) < 4.78 is 25.1. The highest BCUT2D eigenvalue weighted by Crippen LogP contribution is 2.34. The second-order valence-electron chi connectivity index (χ2n) is 5.65. The summed E-state index contributed by atoms with van der Waals surface area (Å²) in [4.78, 5) is 0. The first kappa shape index (κ1) is 16.2. The van der Waals surface area contributed by atoms with E-state index >= 15 is 0 Å². The first-order valence-corrected chi connectivity index (χ1v) is 7.89. The van der Waals surface area contributed by atoms with Crippen molar-refractivity contribution in [1.82, 2.24) is 5.32 Å². The fourth-order valence-electron chi connectivity index (χ4n) is 2.97. The summed E-state index contributed by atoms with van der Waals surface area (Å²) in [5.41, 5.74) is 0.667. The van der Waals surface area contributed by atoms with Crippen LogP contribution in [0.4, 0.5) is 4.39 Å². The van der Waals surface area contributed by atoms with Gasteiger partial charge in [0.15, 0.2) is 0 Å². The molecule has 118 valence electrons. The molecule has 1 saturated heterocycles. The monoisotopic (exact) mass is 295 g/mol. The minimum atomic E-state index is -0.185. The molecule has 1 atom stereocenters. The van der Waals surface area contributed by atoms with Gasteiger partial charge in [-0.25, -0.2) is 4.39 Å². The summed E-state index contributed by atoms with van der Waals surface area (Å²) >= 11 is 0. The normalized spacial score (nSPS) is 17.7. The molecule has 1 aromatic carbocycles. The molecule has 1 heterocycles. The maximum absolute atomic E-state index is 14.3. The number of ether oxygens (including phenoxy) is 2. The third kappa shape index (κ3) is 4.42. The molecule has 1 fully saturated rings. The van der Waals surface area contributed by atoms with Crippen LogP contribution < -0.4 is 10.1 Å². The van der Waals surface area contributed by atoms with Crippen LogP contribution in [0.1, 0.15) is 44.2 Å². The van der Waals surface area contributed by atoms with Gasteiger partial charge in [-0.15, -0.1) is 0 Å². The van der Waals surface area contributed by atoms with Crippen LogP contribution in [0, 0.1) is 11.7 Å². The van der Waals surface area contributed by atoms with Crippen molar-refractivity contribution in [2.45, 2.75) is 38.6 Å². The van der Waals surface area contributed by atoms with Crippen molar-refractivity contribution in [3.8, 4) is 5.75 Å². The smallest absolute Gasteiger partial charge is 0.131 e. The molecule has 1 aromatic rings. The molecule has 0 spiro atoms. The van der Waals surface area contributed by atoms with E-state index in [1.165, 1.54) is 6.07 Å². The molecule has 21 heavy (non-hydrogen) atoms. The third-order valence-electron chi connectivity index (χ3n) is 4.13. The summed E-state index contributed by atoms with van der Waals surface area (Å²) in [5, 5.41) is 3.49. The zero-order chi connectivity index (χ0) is 15.1. The van der Waals surface area contributed by atoms with E-state index < -0.39 is 0 Å². The van der Waals surface area contributed by atoms with E-state index in [1.54, 1.807) is 13.2 Å². The molecule has 0 saturated carbocycles. The van der Waals surface area contributed by atoms with Crippen molar-refractivity contribution in [2.75, 3.05) is 26.9 Å². The molecule has 1 unspecified atom stereocenters. The Labute approximate surface area is 126 Å². The van der Waals surface area contributed by atoms with Gasteiger partial charge in [-0.1, -0.05) is 13.0 Å². The van der Waals surface area contributed by atoms with Crippen LogP contribution in [0.25, 0.3) is 0 Å². The van der Waals surface area contributed by atoms with E-state index in [-0.39, 0.29) is 11.9 Å². The van der Waals surface area contributed by atoms with E-state index in [4.69, 9.17) is 9.47 Å². The highest BCUT2D eigenvalue weighted by molar-refractivity contribution is 5.37. The van der Waals surface area contributed by atoms with Crippen LogP contribution in [-0.2, 0) is 4.74 Å². The van der Waals surface area contributed by atoms with Crippen molar-refractivity contribution < 1.29 is 13.9 Å². The topological polar surface area (TPSA) is 30.5 Å². The highest BCUT2D eigenvalue weighted by atomic mass is 19.1. The standard InChI is InChI=1S/C17H26FNO2/c1-3-9-19-15(12-13-7-10-21-11-8-13)17-14(18)5-4-6-16(17)20-2/h4-6,13,15,19H,3,7-12H2,1-2H3. The second kappa shape index (κ2) is 8.35. The van der Waals surface area contributed by atoms with Gasteiger partial charge >= 0.3 is 0 Å². The molecular formula is C17H26FNO2. The summed E-state index contributed by atoms with van der Waals surface area (Å²) in [6, 6.07) is 5.05. The molecule has 4 heteroatoms. The summed E-state index contributed by atoms with van der Waals surface area (Å²) in [6.45, 7) is 4.64. The Hall–Kier alpha value is -1.13. The maximum Gasteiger partial charge on any atom is 0.131 e. The van der Waals surface area contributed by atoms with Crippen molar-refractivity contribution in [3.63, 3.8) is 0 Å². The summed E-state index contributed by atoms with van der Waals surface area (Å²) in [6.07, 6.45) is 4.07. The maximum atomic E-state index is 14.3. The molecule has 0 radical (unpaired) electrons. The van der Waals surface area contributed by atoms with Crippen LogP contribution in [0.3, 0.4) is 0 Å². The van der Waals surface area contributed by atoms with Crippen molar-refractivity contribution in [2.24, 2.45) is 5.92 Å². The lowest BCUT2D eigenvalue weighted by Gasteiger charge is -2.28. The van der Waals surface area contributed by atoms with Gasteiger partial charge < -0.3 is 14.8 Å². The van der Waals surface area contributed by atoms with Gasteiger partial charge in [-0.2, -0.15) is 0 Å². The Balaban J connectivity index is 2.18. The second-order valence-corrected chi connectivity index (χ2v) is 5.65. The van der Waals surface area contributed by atoms with E-state index in [1.807, 2.05) is 6.07 Å². The average Bonchev–Trinajstić information content (AvgIpc) is 2.52. The Kier molecular flexibility index (Phi) is 6.46. The minimum Gasteiger partial charge on any atom is -0.496 e. The molecule has 1 aliphatic rings. The summed E-state index contributed by atoms with van der Waals surface area (Å²) in [7, 11) is 1.60. The first-order valence-electron chi connectivity index (χ1n) is 7.89. The molecule has 0 bridgehead atoms. The average molecular weight is 295 g/mol. The van der Waals surface area contributed by atoms with Crippen LogP contribution >= 0.6 is 0 Å². The lowest BCUT2D eigenvalue weighted by molar-refractivity contribution is 0.0603. The molecule has 1 N–H and O–H groups in total. The van der Waals surface area contributed by atoms with E-state index in [2.05, 4.69) is 12.2 Å². The predicted molar refractivity (Wildman–Crippen MR) is 82.1 cm³/mol. The molecule has 0 amide bonds. The van der Waals surface area contributed by atoms with Crippen molar-refractivity contribution in [3.05, 3.63) is 29.6 Å². The molecule has 0 aromatic heterocycles. The van der Waals surface area contributed by atoms with Crippen molar-refractivity contribution in [1.29, 1.82) is 0 Å². The van der Waals surface area contributed by atoms with Gasteiger partial charge in [-0.3, -0.25) is 0 Å². The van der Waals surface area contributed by atoms with Gasteiger partial charge in [0.2, 0.25) is 0 Å². The first-order chi connectivity index (χ1) is 10.3. The Morgan fingerprint density at radius 3 is 2.81 bits per heavy atom. The van der Waals surface area contributed by atoms with Crippen LogP contribution in [0.5, 0.6) is 5.75 Å². The van der Waals surface area contributed by atoms with Gasteiger partial charge in [0, 0.05) is 24.8 Å². The fourth-order valence-corrected chi connectivity index (χ4v) is 2.97. The number of hydrogen-bond acceptors (Lipinski definition) is 3. The molecule has 3 nitrogen and oxygen atoms in total. The largest absolute Gasteiger partial charge is 0.496 e. The Morgan fingerprint density at radius 2 is 2.14 bits per heavy atom. The van der Waals surface area contributed by atoms with Gasteiger partial charge in [-0.05, 0) is 50.3 Å². The molecule has 0 aliphatic carbocycles. The van der Waals surface area contributed by atoms with Crippen LogP contribution in [-0.4, -0.2) is 26.9 Å². The number of methoxy groups -OCH3 is 1. The predicted octanol–water partition coefficient (Wildman–Crippen LogP) is 3.69. The fraction of sp³-hybridized carbons (Fsp3) is 0.647. The molecular weight excluding hydrogens is 269 g/mol. The minimum absolute atomic E-state index is 0.00389. The van der Waals surface area contributed by atoms with E-state index in [9.17, 15) is 4.39 Å². The van der Waals surface area contributed by atoms with Gasteiger partial charge in [0.1, 0.15) is 11.6 Å². The zero-order valence-electron chi connectivity index (χ0n) is 13.0. The number of rotatable bonds is 7. The van der Waals surface area contributed by atoms with E-state index in [0.29, 0.717) is 17.2 Å². The molecule has 1 aliphatic heterocycles. The number of halogens is 1. The van der Waals surface area contributed by atoms with E-state index in [0.717, 1.165) is 45.4 Å². The quantitative estimate of drug-likeness (QED) is 0.832. The Bertz CT molecular complexity index is 433. The highest BCUT2D eigenvalue weighted by Gasteiger charge is 2.24. The zero-order valence-corrected chi connectivity index (χ0v) is 13.0. The van der Waals surface area contributed by atoms with Gasteiger partial charge in [0.25, 0.3) is 0 Å². The van der Waals surface area contributed by atoms with Gasteiger partial charge in [0.05, 0.1) is 7.11 Å². The third-order valence-corrected chi connectivity index (χ3v) is 4.13. The lowest BCUT2D eigenvalue weighted by atomic mass is 9.89. The van der Waals surface area contributed by atoms with Crippen LogP contribution in [0.15, 0.2) is 18.2 Å². The SMILES string of the molecule is CCCNC(CC1CCOCC1)c1c(F)cccc1OC. The number of hydrogen-bond donors (Lipinski definition) is 1. The lowest BCUT2D eigenvalue weighted by Crippen LogP contribution is -2.28.